The van der Waals surface area contributed by atoms with Crippen molar-refractivity contribution in [3.05, 3.63) is 23.8 Å². The average Bonchev–Trinajstić information content (AvgIpc) is 2.33. The normalized spacial score (nSPS) is 11.2. The first kappa shape index (κ1) is 17.5. The van der Waals surface area contributed by atoms with Crippen molar-refractivity contribution in [3.8, 4) is 0 Å². The smallest absolute Gasteiger partial charge is 0.162 e. The molecule has 0 bridgehead atoms. The van der Waals surface area contributed by atoms with Gasteiger partial charge in [0.2, 0.25) is 0 Å². The van der Waals surface area contributed by atoms with Gasteiger partial charge in [0.15, 0.2) is 5.78 Å². The molecule has 0 amide bonds. The van der Waals surface area contributed by atoms with Gasteiger partial charge in [0.1, 0.15) is 0 Å². The van der Waals surface area contributed by atoms with Gasteiger partial charge in [-0.15, -0.1) is 0 Å². The molecule has 16 heavy (non-hydrogen) atoms. The lowest BCUT2D eigenvalue weighted by Crippen LogP contribution is -1.99. The summed E-state index contributed by atoms with van der Waals surface area (Å²) in [7, 11) is 0. The van der Waals surface area contributed by atoms with Crippen LogP contribution in [-0.4, -0.2) is 5.78 Å². The number of carbonyl (C=O) groups excluding carboxylic acids is 1. The van der Waals surface area contributed by atoms with Crippen LogP contribution in [0.4, 0.5) is 0 Å². The molecule has 0 N–H and O–H groups in total. The zero-order valence-electron chi connectivity index (χ0n) is 11.7. The third-order valence-electron chi connectivity index (χ3n) is 2.17. The van der Waals surface area contributed by atoms with Crippen LogP contribution in [0.15, 0.2) is 23.8 Å². The number of carbonyl (C=O) groups is 1. The maximum absolute atomic E-state index is 11.6. The predicted molar refractivity (Wildman–Crippen MR) is 73.7 cm³/mol. The van der Waals surface area contributed by atoms with Crippen molar-refractivity contribution in [1.29, 1.82) is 0 Å². The predicted octanol–water partition coefficient (Wildman–Crippen LogP) is 5.07. The summed E-state index contributed by atoms with van der Waals surface area (Å²) in [6.07, 6.45) is 10.9. The fourth-order valence-corrected chi connectivity index (χ4v) is 1.27. The van der Waals surface area contributed by atoms with Gasteiger partial charge in [0.05, 0.1) is 0 Å². The fourth-order valence-electron chi connectivity index (χ4n) is 1.27. The Morgan fingerprint density at radius 3 is 2.19 bits per heavy atom. The lowest BCUT2D eigenvalue weighted by Gasteiger charge is -2.00. The Hall–Kier alpha value is -0.850. The van der Waals surface area contributed by atoms with E-state index in [4.69, 9.17) is 0 Å². The van der Waals surface area contributed by atoms with Crippen LogP contribution in [0.5, 0.6) is 0 Å². The molecule has 0 aromatic rings. The van der Waals surface area contributed by atoms with E-state index in [0.29, 0.717) is 6.42 Å². The molecule has 0 saturated carbocycles. The molecule has 1 heteroatoms. The molecule has 0 unspecified atom stereocenters. The first-order chi connectivity index (χ1) is 7.76. The maximum Gasteiger partial charge on any atom is 0.162 e. The monoisotopic (exact) mass is 224 g/mol. The Morgan fingerprint density at radius 1 is 1.12 bits per heavy atom. The van der Waals surface area contributed by atoms with Crippen LogP contribution in [0.25, 0.3) is 0 Å². The molecule has 0 aromatic carbocycles. The summed E-state index contributed by atoms with van der Waals surface area (Å²) in [6.45, 7) is 10.1. The highest BCUT2D eigenvalue weighted by Crippen LogP contribution is 2.08. The van der Waals surface area contributed by atoms with Crippen LogP contribution < -0.4 is 0 Å². The molecule has 0 heterocycles. The van der Waals surface area contributed by atoms with E-state index in [1.807, 2.05) is 39.0 Å². The minimum absolute atomic E-state index is 0.283. The van der Waals surface area contributed by atoms with Crippen LogP contribution >= 0.6 is 0 Å². The SMILES string of the molecule is C/C=C(\C=C/CC)C(=O)CCCCC.CC. The molecule has 94 valence electrons. The Bertz CT molecular complexity index is 211. The Balaban J connectivity index is 0. The minimum atomic E-state index is 0.283. The third-order valence-corrected chi connectivity index (χ3v) is 2.17. The van der Waals surface area contributed by atoms with Gasteiger partial charge in [-0.25, -0.2) is 0 Å². The van der Waals surface area contributed by atoms with E-state index in [2.05, 4.69) is 13.8 Å². The molecular weight excluding hydrogens is 196 g/mol. The first-order valence-corrected chi connectivity index (χ1v) is 6.62. The number of ketones is 1. The van der Waals surface area contributed by atoms with Gasteiger partial charge in [0, 0.05) is 12.0 Å². The molecule has 1 nitrogen and oxygen atoms in total. The zero-order chi connectivity index (χ0) is 12.8. The molecule has 0 aliphatic carbocycles. The first-order valence-electron chi connectivity index (χ1n) is 6.62. The number of hydrogen-bond acceptors (Lipinski definition) is 1. The van der Waals surface area contributed by atoms with Gasteiger partial charge in [-0.3, -0.25) is 4.79 Å². The largest absolute Gasteiger partial charge is 0.294 e. The second kappa shape index (κ2) is 14.2. The van der Waals surface area contributed by atoms with Crippen molar-refractivity contribution >= 4 is 5.78 Å². The van der Waals surface area contributed by atoms with Crippen LogP contribution in [-0.2, 0) is 4.79 Å². The Labute approximate surface area is 102 Å². The van der Waals surface area contributed by atoms with Crippen LogP contribution in [0.2, 0.25) is 0 Å². The summed E-state index contributed by atoms with van der Waals surface area (Å²) in [6, 6.07) is 0. The Morgan fingerprint density at radius 2 is 1.75 bits per heavy atom. The molecule has 0 radical (unpaired) electrons. The van der Waals surface area contributed by atoms with Gasteiger partial charge < -0.3 is 0 Å². The van der Waals surface area contributed by atoms with Crippen molar-refractivity contribution in [2.75, 3.05) is 0 Å². The standard InChI is InChI=1S/C13H22O.C2H6/c1-4-7-9-11-13(14)12(6-3)10-8-5-2;1-2/h6,8,10H,4-5,7,9,11H2,1-3H3;1-2H3/b10-8-,12-6+;. The van der Waals surface area contributed by atoms with Gasteiger partial charge >= 0.3 is 0 Å². The molecule has 0 aromatic heterocycles. The summed E-state index contributed by atoms with van der Waals surface area (Å²) < 4.78 is 0. The second-order valence-corrected chi connectivity index (χ2v) is 3.43. The molecule has 0 spiro atoms. The van der Waals surface area contributed by atoms with Gasteiger partial charge in [-0.2, -0.15) is 0 Å². The fraction of sp³-hybridized carbons (Fsp3) is 0.667. The van der Waals surface area contributed by atoms with E-state index in [9.17, 15) is 4.79 Å². The number of hydrogen-bond donors (Lipinski definition) is 0. The summed E-state index contributed by atoms with van der Waals surface area (Å²) >= 11 is 0. The van der Waals surface area contributed by atoms with Gasteiger partial charge in [-0.05, 0) is 19.8 Å². The van der Waals surface area contributed by atoms with Gasteiger partial charge in [-0.1, -0.05) is 58.8 Å². The quantitative estimate of drug-likeness (QED) is 0.335. The van der Waals surface area contributed by atoms with E-state index in [1.54, 1.807) is 0 Å². The van der Waals surface area contributed by atoms with E-state index < -0.39 is 0 Å². The van der Waals surface area contributed by atoms with Crippen molar-refractivity contribution in [2.45, 2.75) is 66.7 Å². The number of Topliss-reactive ketones (excluding diaryl/α,β-unsaturated/α-hetero) is 1. The van der Waals surface area contributed by atoms with Crippen LogP contribution in [0, 0.1) is 0 Å². The molecule has 0 rings (SSSR count). The van der Waals surface area contributed by atoms with E-state index in [0.717, 1.165) is 24.8 Å². The minimum Gasteiger partial charge on any atom is -0.294 e. The Kier molecular flexibility index (Phi) is 15.5. The lowest BCUT2D eigenvalue weighted by atomic mass is 10.0. The van der Waals surface area contributed by atoms with Crippen LogP contribution in [0.1, 0.15) is 66.7 Å². The van der Waals surface area contributed by atoms with Crippen molar-refractivity contribution < 1.29 is 4.79 Å². The summed E-state index contributed by atoms with van der Waals surface area (Å²) in [5.74, 6) is 0.283. The molecule has 0 aliphatic heterocycles. The highest BCUT2D eigenvalue weighted by molar-refractivity contribution is 5.97. The summed E-state index contributed by atoms with van der Waals surface area (Å²) in [5.41, 5.74) is 0.864. The maximum atomic E-state index is 11.6. The van der Waals surface area contributed by atoms with Crippen molar-refractivity contribution in [1.82, 2.24) is 0 Å². The molecule has 0 fully saturated rings. The van der Waals surface area contributed by atoms with Crippen molar-refractivity contribution in [2.24, 2.45) is 0 Å². The zero-order valence-corrected chi connectivity index (χ0v) is 11.7. The summed E-state index contributed by atoms with van der Waals surface area (Å²) in [4.78, 5) is 11.6. The number of allylic oxidation sites excluding steroid dienone is 4. The molecule has 0 aliphatic rings. The molecule has 0 atom stereocenters. The summed E-state index contributed by atoms with van der Waals surface area (Å²) in [5, 5.41) is 0. The topological polar surface area (TPSA) is 17.1 Å². The van der Waals surface area contributed by atoms with E-state index in [-0.39, 0.29) is 5.78 Å². The lowest BCUT2D eigenvalue weighted by molar-refractivity contribution is -0.115. The number of unbranched alkanes of at least 4 members (excludes halogenated alkanes) is 2. The van der Waals surface area contributed by atoms with E-state index in [1.165, 1.54) is 6.42 Å². The van der Waals surface area contributed by atoms with Crippen LogP contribution in [0.3, 0.4) is 0 Å². The molecular formula is C15H28O. The van der Waals surface area contributed by atoms with Gasteiger partial charge in [0.25, 0.3) is 0 Å². The second-order valence-electron chi connectivity index (χ2n) is 3.43. The van der Waals surface area contributed by atoms with E-state index >= 15 is 0 Å². The average molecular weight is 224 g/mol. The molecule has 0 saturated heterocycles. The number of rotatable bonds is 7. The highest BCUT2D eigenvalue weighted by atomic mass is 16.1. The highest BCUT2D eigenvalue weighted by Gasteiger charge is 2.04. The van der Waals surface area contributed by atoms with Crippen molar-refractivity contribution in [3.63, 3.8) is 0 Å². The third kappa shape index (κ3) is 9.70.